The van der Waals surface area contributed by atoms with Crippen molar-refractivity contribution >= 4 is 33.9 Å². The highest BCUT2D eigenvalue weighted by molar-refractivity contribution is 7.10. The molecule has 1 aliphatic carbocycles. The molecule has 0 amide bonds. The molecule has 0 bridgehead atoms. The molecule has 6 heteroatoms. The zero-order valence-electron chi connectivity index (χ0n) is 18.7. The summed E-state index contributed by atoms with van der Waals surface area (Å²) in [5, 5.41) is 4.06. The molecule has 0 radical (unpaired) electrons. The number of halogens is 1. The number of allylic oxidation sites excluding steroid dienone is 1. The second kappa shape index (κ2) is 7.52. The molecule has 4 heterocycles. The fourth-order valence-electron chi connectivity index (χ4n) is 5.08. The van der Waals surface area contributed by atoms with Crippen molar-refractivity contribution in [1.82, 2.24) is 19.9 Å². The molecule has 1 aromatic carbocycles. The summed E-state index contributed by atoms with van der Waals surface area (Å²) < 4.78 is 14.5. The van der Waals surface area contributed by atoms with Crippen molar-refractivity contribution in [2.45, 2.75) is 33.1 Å². The van der Waals surface area contributed by atoms with Crippen molar-refractivity contribution < 1.29 is 4.39 Å². The van der Waals surface area contributed by atoms with Gasteiger partial charge >= 0.3 is 0 Å². The Balaban J connectivity index is 1.59. The third kappa shape index (κ3) is 3.16. The number of thiazole rings is 1. The van der Waals surface area contributed by atoms with E-state index in [0.717, 1.165) is 56.1 Å². The molecular weight excluding hydrogens is 431 g/mol. The van der Waals surface area contributed by atoms with Crippen LogP contribution in [0.1, 0.15) is 47.3 Å². The van der Waals surface area contributed by atoms with Gasteiger partial charge in [0.1, 0.15) is 10.8 Å². The van der Waals surface area contributed by atoms with E-state index in [1.807, 2.05) is 30.0 Å². The molecule has 1 aliphatic rings. The van der Waals surface area contributed by atoms with E-state index >= 15 is 0 Å². The summed E-state index contributed by atoms with van der Waals surface area (Å²) in [6, 6.07) is 7.29. The van der Waals surface area contributed by atoms with Gasteiger partial charge in [-0.15, -0.1) is 11.3 Å². The first-order chi connectivity index (χ1) is 16.0. The van der Waals surface area contributed by atoms with Crippen LogP contribution >= 0.6 is 11.3 Å². The lowest BCUT2D eigenvalue weighted by atomic mass is 9.89. The lowest BCUT2D eigenvalue weighted by Crippen LogP contribution is -1.97. The summed E-state index contributed by atoms with van der Waals surface area (Å²) in [6.45, 7) is 6.49. The fourth-order valence-corrected chi connectivity index (χ4v) is 5.74. The summed E-state index contributed by atoms with van der Waals surface area (Å²) in [7, 11) is 0. The Morgan fingerprint density at radius 1 is 1.09 bits per heavy atom. The highest BCUT2D eigenvalue weighted by Crippen LogP contribution is 2.45. The normalized spacial score (nSPS) is 13.2. The van der Waals surface area contributed by atoms with Gasteiger partial charge in [-0.1, -0.05) is 13.8 Å². The summed E-state index contributed by atoms with van der Waals surface area (Å²) in [5.41, 5.74) is 10.7. The number of nitrogens with zero attached hydrogens (tertiary/aromatic N) is 2. The van der Waals surface area contributed by atoms with Crippen molar-refractivity contribution in [1.29, 1.82) is 0 Å². The average molecular weight is 455 g/mol. The molecule has 2 N–H and O–H groups in total. The van der Waals surface area contributed by atoms with Gasteiger partial charge in [0.15, 0.2) is 0 Å². The predicted molar refractivity (Wildman–Crippen MR) is 134 cm³/mol. The third-order valence-corrected chi connectivity index (χ3v) is 7.28. The fraction of sp³-hybridized carbons (Fsp3) is 0.185. The maximum Gasteiger partial charge on any atom is 0.125 e. The van der Waals surface area contributed by atoms with E-state index in [-0.39, 0.29) is 11.7 Å². The van der Waals surface area contributed by atoms with E-state index in [1.54, 1.807) is 23.5 Å². The van der Waals surface area contributed by atoms with Gasteiger partial charge in [-0.3, -0.25) is 4.98 Å². The monoisotopic (exact) mass is 454 g/mol. The topological polar surface area (TPSA) is 57.4 Å². The molecule has 5 aromatic rings. The molecule has 164 valence electrons. The maximum atomic E-state index is 14.5. The van der Waals surface area contributed by atoms with Gasteiger partial charge in [-0.2, -0.15) is 0 Å². The first-order valence-corrected chi connectivity index (χ1v) is 12.0. The van der Waals surface area contributed by atoms with Gasteiger partial charge < -0.3 is 9.97 Å². The Hall–Kier alpha value is -3.51. The van der Waals surface area contributed by atoms with E-state index in [2.05, 4.69) is 52.8 Å². The van der Waals surface area contributed by atoms with Crippen LogP contribution in [-0.4, -0.2) is 19.9 Å². The van der Waals surface area contributed by atoms with Crippen LogP contribution in [0.5, 0.6) is 0 Å². The highest BCUT2D eigenvalue weighted by atomic mass is 32.1. The van der Waals surface area contributed by atoms with Gasteiger partial charge in [0.05, 0.1) is 11.4 Å². The van der Waals surface area contributed by atoms with Crippen molar-refractivity contribution in [3.05, 3.63) is 81.6 Å². The van der Waals surface area contributed by atoms with Crippen molar-refractivity contribution in [2.24, 2.45) is 0 Å². The van der Waals surface area contributed by atoms with E-state index in [1.165, 1.54) is 16.7 Å². The summed E-state index contributed by atoms with van der Waals surface area (Å²) >= 11 is 1.66. The van der Waals surface area contributed by atoms with Gasteiger partial charge in [0.25, 0.3) is 0 Å². The van der Waals surface area contributed by atoms with Gasteiger partial charge in [0.2, 0.25) is 0 Å². The number of hydrogen-bond donors (Lipinski definition) is 2. The first-order valence-electron chi connectivity index (χ1n) is 11.1. The van der Waals surface area contributed by atoms with Crippen LogP contribution in [-0.2, 0) is 6.42 Å². The Labute approximate surface area is 195 Å². The number of aromatic nitrogens is 4. The van der Waals surface area contributed by atoms with E-state index < -0.39 is 0 Å². The van der Waals surface area contributed by atoms with Gasteiger partial charge in [0, 0.05) is 63.7 Å². The standard InChI is InChI=1S/C27H23FN4S/c1-14(2)24-25(15(3)32-26(24)21-12-17(28)13-23-18(21)4-6-30-23)19-5-7-29-22-11-16(10-20(19)22)27-31-8-9-33-27/h4-10,12-14,30,32H,11H2,1-3H3. The molecule has 0 spiro atoms. The minimum atomic E-state index is -0.246. The Morgan fingerprint density at radius 3 is 2.76 bits per heavy atom. The second-order valence-corrected chi connectivity index (χ2v) is 9.76. The van der Waals surface area contributed by atoms with Crippen LogP contribution in [0.3, 0.4) is 0 Å². The van der Waals surface area contributed by atoms with Crippen LogP contribution in [0.2, 0.25) is 0 Å². The van der Waals surface area contributed by atoms with Gasteiger partial charge in [-0.25, -0.2) is 9.37 Å². The molecule has 0 saturated heterocycles. The summed E-state index contributed by atoms with van der Waals surface area (Å²) in [5.74, 6) is -0.00544. The number of H-pyrrole nitrogens is 2. The van der Waals surface area contributed by atoms with Gasteiger partial charge in [-0.05, 0) is 59.9 Å². The van der Waals surface area contributed by atoms with Crippen molar-refractivity contribution in [3.8, 4) is 22.4 Å². The van der Waals surface area contributed by atoms with Crippen LogP contribution in [0.4, 0.5) is 4.39 Å². The molecule has 0 aliphatic heterocycles. The zero-order valence-corrected chi connectivity index (χ0v) is 19.5. The van der Waals surface area contributed by atoms with E-state index in [4.69, 9.17) is 0 Å². The van der Waals surface area contributed by atoms with Crippen LogP contribution in [0, 0.1) is 12.7 Å². The third-order valence-electron chi connectivity index (χ3n) is 6.43. The number of aryl methyl sites for hydroxylation is 1. The number of benzene rings is 1. The molecule has 0 saturated carbocycles. The van der Waals surface area contributed by atoms with Crippen molar-refractivity contribution in [3.63, 3.8) is 0 Å². The highest BCUT2D eigenvalue weighted by Gasteiger charge is 2.26. The first kappa shape index (κ1) is 20.1. The minimum Gasteiger partial charge on any atom is -0.361 e. The molecule has 4 aromatic heterocycles. The number of nitrogens with one attached hydrogen (secondary N) is 2. The average Bonchev–Trinajstić information content (AvgIpc) is 3.56. The molecule has 33 heavy (non-hydrogen) atoms. The SMILES string of the molecule is Cc1[nH]c(-c2cc(F)cc3[nH]ccc23)c(C(C)C)c1-c1ccnc2c1C=C(c1nccs1)C2. The summed E-state index contributed by atoms with van der Waals surface area (Å²) in [4.78, 5) is 15.9. The number of aromatic amines is 2. The van der Waals surface area contributed by atoms with E-state index in [9.17, 15) is 4.39 Å². The Morgan fingerprint density at radius 2 is 1.97 bits per heavy atom. The molecule has 4 nitrogen and oxygen atoms in total. The maximum absolute atomic E-state index is 14.5. The van der Waals surface area contributed by atoms with Crippen LogP contribution in [0.25, 0.3) is 44.9 Å². The van der Waals surface area contributed by atoms with Crippen LogP contribution < -0.4 is 0 Å². The smallest absolute Gasteiger partial charge is 0.125 e. The molecule has 0 fully saturated rings. The van der Waals surface area contributed by atoms with Crippen molar-refractivity contribution in [2.75, 3.05) is 0 Å². The Bertz CT molecular complexity index is 1540. The lowest BCUT2D eigenvalue weighted by molar-refractivity contribution is 0.630. The number of fused-ring (bicyclic) bond motifs is 2. The lowest BCUT2D eigenvalue weighted by Gasteiger charge is -2.14. The second-order valence-electron chi connectivity index (χ2n) is 8.86. The quantitative estimate of drug-likeness (QED) is 0.298. The molecule has 6 rings (SSSR count). The largest absolute Gasteiger partial charge is 0.361 e. The zero-order chi connectivity index (χ0) is 22.7. The van der Waals surface area contributed by atoms with E-state index in [0.29, 0.717) is 0 Å². The minimum absolute atomic E-state index is 0.241. The molecule has 0 unspecified atom stereocenters. The molecular formula is C27H23FN4S. The predicted octanol–water partition coefficient (Wildman–Crippen LogP) is 7.35. The number of pyridine rings is 1. The van der Waals surface area contributed by atoms with Crippen LogP contribution in [0.15, 0.2) is 48.2 Å². The number of rotatable bonds is 4. The summed E-state index contributed by atoms with van der Waals surface area (Å²) in [6.07, 6.45) is 8.63. The Kier molecular flexibility index (Phi) is 4.59. The number of hydrogen-bond acceptors (Lipinski definition) is 3. The molecule has 0 atom stereocenters.